The molecule has 4 heterocycles. The summed E-state index contributed by atoms with van der Waals surface area (Å²) in [6.45, 7) is 3.00. The molecule has 0 fully saturated rings. The minimum Gasteiger partial charge on any atom is -0.332 e. The fraction of sp³-hybridized carbons (Fsp3) is 0.154. The predicted molar refractivity (Wildman–Crippen MR) is 69.7 cm³/mol. The van der Waals surface area contributed by atoms with E-state index >= 15 is 0 Å². The first-order valence-corrected chi connectivity index (χ1v) is 5.94. The van der Waals surface area contributed by atoms with Gasteiger partial charge >= 0.3 is 0 Å². The Hall–Kier alpha value is -2.43. The van der Waals surface area contributed by atoms with Crippen molar-refractivity contribution in [2.45, 2.75) is 13.5 Å². The summed E-state index contributed by atoms with van der Waals surface area (Å²) in [6, 6.07) is 4.02. The van der Waals surface area contributed by atoms with Crippen LogP contribution in [-0.2, 0) is 6.54 Å². The molecule has 0 aliphatic carbocycles. The van der Waals surface area contributed by atoms with E-state index in [1.54, 1.807) is 12.5 Å². The van der Waals surface area contributed by atoms with Gasteiger partial charge in [0.2, 0.25) is 0 Å². The Balaban J connectivity index is 2.17. The molecule has 0 saturated carbocycles. The Morgan fingerprint density at radius 2 is 2.11 bits per heavy atom. The van der Waals surface area contributed by atoms with Crippen LogP contribution in [0.25, 0.3) is 22.2 Å². The minimum atomic E-state index is 0.841. The fourth-order valence-electron chi connectivity index (χ4n) is 2.50. The molecule has 3 aromatic rings. The molecule has 0 atom stereocenters. The number of hydrogen-bond acceptors (Lipinski definition) is 4. The van der Waals surface area contributed by atoms with Gasteiger partial charge in [-0.05, 0) is 19.1 Å². The Morgan fingerprint density at radius 1 is 1.17 bits per heavy atom. The highest BCUT2D eigenvalue weighted by Crippen LogP contribution is 2.41. The van der Waals surface area contributed by atoms with E-state index in [0.717, 1.165) is 40.3 Å². The number of hydrogen-bond donors (Lipinski definition) is 1. The van der Waals surface area contributed by atoms with Gasteiger partial charge in [-0.25, -0.2) is 15.0 Å². The summed E-state index contributed by atoms with van der Waals surface area (Å²) in [4.78, 5) is 13.0. The third kappa shape index (κ3) is 1.08. The molecule has 0 aromatic carbocycles. The first kappa shape index (κ1) is 9.58. The quantitative estimate of drug-likeness (QED) is 0.552. The first-order chi connectivity index (χ1) is 8.88. The molecule has 0 unspecified atom stereocenters. The third-order valence-corrected chi connectivity index (χ3v) is 3.33. The normalized spacial score (nSPS) is 12.3. The number of fused-ring (bicyclic) bond motifs is 2. The molecule has 1 N–H and O–H groups in total. The molecule has 0 saturated heterocycles. The average molecular weight is 237 g/mol. The Labute approximate surface area is 104 Å². The van der Waals surface area contributed by atoms with Crippen molar-refractivity contribution < 1.29 is 0 Å². The monoisotopic (exact) mass is 237 g/mol. The number of aromatic nitrogens is 4. The maximum Gasteiger partial charge on any atom is 0.146 e. The molecule has 5 nitrogen and oxygen atoms in total. The van der Waals surface area contributed by atoms with Crippen LogP contribution in [-0.4, -0.2) is 19.5 Å². The molecule has 0 bridgehead atoms. The van der Waals surface area contributed by atoms with Gasteiger partial charge in [-0.2, -0.15) is 0 Å². The Kier molecular flexibility index (Phi) is 1.75. The zero-order valence-corrected chi connectivity index (χ0v) is 9.88. The van der Waals surface area contributed by atoms with Crippen LogP contribution in [0, 0.1) is 0 Å². The van der Waals surface area contributed by atoms with Crippen LogP contribution in [0.15, 0.2) is 30.9 Å². The van der Waals surface area contributed by atoms with Crippen molar-refractivity contribution in [2.24, 2.45) is 0 Å². The minimum absolute atomic E-state index is 0.841. The molecule has 0 amide bonds. The summed E-state index contributed by atoms with van der Waals surface area (Å²) in [5.41, 5.74) is 3.24. The molecule has 1 aliphatic rings. The van der Waals surface area contributed by atoms with Crippen LogP contribution in [0.5, 0.6) is 0 Å². The third-order valence-electron chi connectivity index (χ3n) is 3.33. The molecule has 18 heavy (non-hydrogen) atoms. The molecule has 3 aromatic heterocycles. The van der Waals surface area contributed by atoms with Gasteiger partial charge in [0, 0.05) is 30.1 Å². The largest absolute Gasteiger partial charge is 0.332 e. The average Bonchev–Trinajstić information content (AvgIpc) is 2.80. The van der Waals surface area contributed by atoms with Gasteiger partial charge in [-0.1, -0.05) is 0 Å². The SMILES string of the molecule is CCn1cc2c3c(ncnc31)Nc1ncccc1-2. The Bertz CT molecular complexity index is 759. The number of nitrogens with one attached hydrogen (secondary N) is 1. The van der Waals surface area contributed by atoms with Crippen molar-refractivity contribution in [3.63, 3.8) is 0 Å². The van der Waals surface area contributed by atoms with Crippen molar-refractivity contribution in [3.8, 4) is 11.1 Å². The van der Waals surface area contributed by atoms with Gasteiger partial charge in [-0.15, -0.1) is 0 Å². The van der Waals surface area contributed by atoms with Crippen LogP contribution in [0.2, 0.25) is 0 Å². The summed E-state index contributed by atoms with van der Waals surface area (Å²) >= 11 is 0. The zero-order chi connectivity index (χ0) is 12.1. The van der Waals surface area contributed by atoms with Crippen LogP contribution >= 0.6 is 0 Å². The molecule has 88 valence electrons. The van der Waals surface area contributed by atoms with Crippen LogP contribution in [0.1, 0.15) is 6.92 Å². The highest BCUT2D eigenvalue weighted by Gasteiger charge is 2.22. The zero-order valence-electron chi connectivity index (χ0n) is 9.88. The van der Waals surface area contributed by atoms with E-state index in [2.05, 4.69) is 44.0 Å². The number of nitrogens with zero attached hydrogens (tertiary/aromatic N) is 4. The van der Waals surface area contributed by atoms with Gasteiger partial charge in [0.25, 0.3) is 0 Å². The summed E-state index contributed by atoms with van der Waals surface area (Å²) in [5.74, 6) is 1.70. The summed E-state index contributed by atoms with van der Waals surface area (Å²) in [7, 11) is 0. The van der Waals surface area contributed by atoms with Crippen molar-refractivity contribution >= 4 is 22.7 Å². The first-order valence-electron chi connectivity index (χ1n) is 5.94. The van der Waals surface area contributed by atoms with Gasteiger partial charge < -0.3 is 9.88 Å². The Morgan fingerprint density at radius 3 is 3.00 bits per heavy atom. The van der Waals surface area contributed by atoms with Crippen LogP contribution < -0.4 is 5.32 Å². The maximum absolute atomic E-state index is 4.38. The predicted octanol–water partition coefficient (Wildman–Crippen LogP) is 2.57. The molecule has 0 spiro atoms. The highest BCUT2D eigenvalue weighted by molar-refractivity contribution is 6.07. The standard InChI is InChI=1S/C13H11N5/c1-2-18-6-9-8-4-3-5-14-11(8)17-12-10(9)13(18)16-7-15-12/h3-7H,2H2,1H3,(H,14,15,16,17). The number of rotatable bonds is 1. The summed E-state index contributed by atoms with van der Waals surface area (Å²) < 4.78 is 2.14. The summed E-state index contributed by atoms with van der Waals surface area (Å²) in [5, 5.41) is 4.35. The van der Waals surface area contributed by atoms with E-state index in [4.69, 9.17) is 0 Å². The molecule has 4 rings (SSSR count). The lowest BCUT2D eigenvalue weighted by molar-refractivity contribution is 0.787. The molecule has 1 aliphatic heterocycles. The lowest BCUT2D eigenvalue weighted by atomic mass is 10.0. The smallest absolute Gasteiger partial charge is 0.146 e. The molecular weight excluding hydrogens is 226 g/mol. The van der Waals surface area contributed by atoms with Gasteiger partial charge in [0.15, 0.2) is 0 Å². The highest BCUT2D eigenvalue weighted by atomic mass is 15.1. The second kappa shape index (κ2) is 3.29. The summed E-state index contributed by atoms with van der Waals surface area (Å²) in [6.07, 6.45) is 5.50. The number of anilines is 2. The number of aryl methyl sites for hydroxylation is 1. The topological polar surface area (TPSA) is 55.6 Å². The van der Waals surface area contributed by atoms with E-state index in [9.17, 15) is 0 Å². The van der Waals surface area contributed by atoms with Crippen molar-refractivity contribution in [1.82, 2.24) is 19.5 Å². The van der Waals surface area contributed by atoms with E-state index < -0.39 is 0 Å². The van der Waals surface area contributed by atoms with Gasteiger partial charge in [0.1, 0.15) is 23.6 Å². The van der Waals surface area contributed by atoms with E-state index in [-0.39, 0.29) is 0 Å². The van der Waals surface area contributed by atoms with Crippen molar-refractivity contribution in [2.75, 3.05) is 5.32 Å². The van der Waals surface area contributed by atoms with E-state index in [1.165, 1.54) is 0 Å². The second-order valence-electron chi connectivity index (χ2n) is 4.27. The van der Waals surface area contributed by atoms with Crippen molar-refractivity contribution in [1.29, 1.82) is 0 Å². The fourth-order valence-corrected chi connectivity index (χ4v) is 2.50. The van der Waals surface area contributed by atoms with Gasteiger partial charge in [0.05, 0.1) is 5.39 Å². The molecular formula is C13H11N5. The lowest BCUT2D eigenvalue weighted by Gasteiger charge is -2.15. The van der Waals surface area contributed by atoms with Crippen LogP contribution in [0.3, 0.4) is 0 Å². The van der Waals surface area contributed by atoms with E-state index in [0.29, 0.717) is 0 Å². The van der Waals surface area contributed by atoms with Crippen molar-refractivity contribution in [3.05, 3.63) is 30.9 Å². The lowest BCUT2D eigenvalue weighted by Crippen LogP contribution is -2.03. The van der Waals surface area contributed by atoms with E-state index in [1.807, 2.05) is 6.07 Å². The van der Waals surface area contributed by atoms with Crippen LogP contribution in [0.4, 0.5) is 11.6 Å². The molecule has 5 heteroatoms. The molecule has 0 radical (unpaired) electrons. The second-order valence-corrected chi connectivity index (χ2v) is 4.27. The maximum atomic E-state index is 4.38. The number of pyridine rings is 1. The van der Waals surface area contributed by atoms with Gasteiger partial charge in [-0.3, -0.25) is 0 Å².